The molecule has 3 heterocycles. The fourth-order valence-electron chi connectivity index (χ4n) is 3.49. The minimum absolute atomic E-state index is 0.00617. The molecule has 1 amide bonds. The van der Waals surface area contributed by atoms with E-state index in [1.807, 2.05) is 53.0 Å². The van der Waals surface area contributed by atoms with Crippen molar-refractivity contribution in [1.29, 1.82) is 0 Å². The highest BCUT2D eigenvalue weighted by Crippen LogP contribution is 2.34. The average molecular weight is 327 g/mol. The van der Waals surface area contributed by atoms with Gasteiger partial charge in [-0.25, -0.2) is 0 Å². The number of carbonyl (C=O) groups is 1. The Hall–Kier alpha value is -2.50. The first-order valence-corrected chi connectivity index (χ1v) is 8.42. The summed E-state index contributed by atoms with van der Waals surface area (Å²) in [7, 11) is 0. The molecule has 0 saturated carbocycles. The van der Waals surface area contributed by atoms with E-state index in [-0.39, 0.29) is 18.1 Å². The summed E-state index contributed by atoms with van der Waals surface area (Å²) >= 11 is 0. The summed E-state index contributed by atoms with van der Waals surface area (Å²) in [5.74, 6) is 1.34. The maximum absolute atomic E-state index is 13.1. The van der Waals surface area contributed by atoms with E-state index in [1.165, 1.54) is 0 Å². The predicted octanol–water partition coefficient (Wildman–Crippen LogP) is 2.10. The van der Waals surface area contributed by atoms with Gasteiger partial charge in [0.05, 0.1) is 12.6 Å². The van der Waals surface area contributed by atoms with Crippen molar-refractivity contribution in [2.24, 2.45) is 0 Å². The Balaban J connectivity index is 1.50. The van der Waals surface area contributed by atoms with E-state index >= 15 is 0 Å². The molecule has 2 aliphatic rings. The van der Waals surface area contributed by atoms with Crippen molar-refractivity contribution in [3.63, 3.8) is 0 Å². The second-order valence-electron chi connectivity index (χ2n) is 6.36. The Bertz CT molecular complexity index is 716. The number of benzene rings is 1. The molecular weight excluding hydrogens is 306 g/mol. The van der Waals surface area contributed by atoms with Gasteiger partial charge in [-0.15, -0.1) is 0 Å². The fraction of sp³-hybridized carbons (Fsp3) is 0.444. The van der Waals surface area contributed by atoms with Crippen LogP contribution in [-0.4, -0.2) is 45.4 Å². The van der Waals surface area contributed by atoms with Gasteiger partial charge in [0, 0.05) is 18.9 Å². The molecule has 6 nitrogen and oxygen atoms in total. The van der Waals surface area contributed by atoms with Crippen molar-refractivity contribution >= 4 is 5.91 Å². The van der Waals surface area contributed by atoms with E-state index in [9.17, 15) is 4.79 Å². The van der Waals surface area contributed by atoms with Gasteiger partial charge < -0.3 is 14.4 Å². The number of ether oxygens (including phenoxy) is 2. The van der Waals surface area contributed by atoms with Crippen molar-refractivity contribution < 1.29 is 14.3 Å². The zero-order chi connectivity index (χ0) is 16.5. The summed E-state index contributed by atoms with van der Waals surface area (Å²) in [6.07, 6.45) is 4.79. The zero-order valence-corrected chi connectivity index (χ0v) is 13.7. The molecule has 2 aliphatic heterocycles. The van der Waals surface area contributed by atoms with Gasteiger partial charge in [-0.1, -0.05) is 12.1 Å². The molecule has 1 aromatic carbocycles. The topological polar surface area (TPSA) is 56.6 Å². The predicted molar refractivity (Wildman–Crippen MR) is 87.9 cm³/mol. The molecule has 6 heteroatoms. The van der Waals surface area contributed by atoms with Crippen LogP contribution in [0.1, 0.15) is 19.8 Å². The molecule has 1 aromatic heterocycles. The summed E-state index contributed by atoms with van der Waals surface area (Å²) < 4.78 is 13.7. The molecule has 0 N–H and O–H groups in total. The summed E-state index contributed by atoms with van der Waals surface area (Å²) in [5, 5.41) is 4.25. The average Bonchev–Trinajstić information content (AvgIpc) is 3.26. The molecule has 0 unspecified atom stereocenters. The van der Waals surface area contributed by atoms with Crippen molar-refractivity contribution in [2.75, 3.05) is 6.54 Å². The van der Waals surface area contributed by atoms with Gasteiger partial charge in [-0.2, -0.15) is 5.10 Å². The molecule has 126 valence electrons. The van der Waals surface area contributed by atoms with Crippen LogP contribution in [0.2, 0.25) is 0 Å². The van der Waals surface area contributed by atoms with Crippen LogP contribution in [0.15, 0.2) is 42.7 Å². The lowest BCUT2D eigenvalue weighted by Gasteiger charge is -2.35. The van der Waals surface area contributed by atoms with Crippen LogP contribution in [0.5, 0.6) is 11.5 Å². The van der Waals surface area contributed by atoms with Crippen LogP contribution in [0.3, 0.4) is 0 Å². The second kappa shape index (κ2) is 6.19. The SMILES string of the molecule is C[C@@H]1Oc2ccccc2O[C@H]1C(=O)N1CCC[C@@H]1Cn1cccn1. The van der Waals surface area contributed by atoms with E-state index < -0.39 is 6.10 Å². The Labute approximate surface area is 141 Å². The molecular formula is C18H21N3O3. The monoisotopic (exact) mass is 327 g/mol. The number of para-hydroxylation sites is 2. The van der Waals surface area contributed by atoms with E-state index in [4.69, 9.17) is 9.47 Å². The number of fused-ring (bicyclic) bond motifs is 1. The molecule has 1 fully saturated rings. The first-order valence-electron chi connectivity index (χ1n) is 8.42. The van der Waals surface area contributed by atoms with E-state index in [0.717, 1.165) is 25.9 Å². The van der Waals surface area contributed by atoms with Gasteiger partial charge in [0.2, 0.25) is 6.10 Å². The molecule has 24 heavy (non-hydrogen) atoms. The zero-order valence-electron chi connectivity index (χ0n) is 13.7. The maximum atomic E-state index is 13.1. The smallest absolute Gasteiger partial charge is 0.267 e. The summed E-state index contributed by atoms with van der Waals surface area (Å²) in [4.78, 5) is 15.0. The van der Waals surface area contributed by atoms with Crippen molar-refractivity contribution in [3.05, 3.63) is 42.7 Å². The molecule has 0 spiro atoms. The Morgan fingerprint density at radius 1 is 1.25 bits per heavy atom. The number of rotatable bonds is 3. The Morgan fingerprint density at radius 2 is 2.04 bits per heavy atom. The lowest BCUT2D eigenvalue weighted by Crippen LogP contribution is -2.52. The first-order chi connectivity index (χ1) is 11.7. The number of likely N-dealkylation sites (tertiary alicyclic amines) is 1. The van der Waals surface area contributed by atoms with Gasteiger partial charge in [0.25, 0.3) is 5.91 Å². The standard InChI is InChI=1S/C18H21N3O3/c1-13-17(24-16-8-3-2-7-15(16)23-13)18(22)21-11-4-6-14(21)12-20-10-5-9-19-20/h2-3,5,7-10,13-14,17H,4,6,11-12H2,1H3/t13-,14+,17+/m0/s1. The number of aromatic nitrogens is 2. The van der Waals surface area contributed by atoms with Crippen molar-refractivity contribution in [1.82, 2.24) is 14.7 Å². The van der Waals surface area contributed by atoms with Crippen LogP contribution in [-0.2, 0) is 11.3 Å². The number of amides is 1. The fourth-order valence-corrected chi connectivity index (χ4v) is 3.49. The lowest BCUT2D eigenvalue weighted by atomic mass is 10.1. The van der Waals surface area contributed by atoms with Crippen LogP contribution < -0.4 is 9.47 Å². The Morgan fingerprint density at radius 3 is 2.79 bits per heavy atom. The third kappa shape index (κ3) is 2.72. The molecule has 1 saturated heterocycles. The van der Waals surface area contributed by atoms with Crippen molar-refractivity contribution in [3.8, 4) is 11.5 Å². The van der Waals surface area contributed by atoms with Crippen LogP contribution in [0.25, 0.3) is 0 Å². The highest BCUT2D eigenvalue weighted by Gasteiger charge is 2.40. The van der Waals surface area contributed by atoms with Crippen LogP contribution >= 0.6 is 0 Å². The van der Waals surface area contributed by atoms with Crippen LogP contribution in [0.4, 0.5) is 0 Å². The third-order valence-corrected chi connectivity index (χ3v) is 4.70. The van der Waals surface area contributed by atoms with Gasteiger partial charge >= 0.3 is 0 Å². The number of carbonyl (C=O) groups excluding carboxylic acids is 1. The quantitative estimate of drug-likeness (QED) is 0.866. The maximum Gasteiger partial charge on any atom is 0.267 e. The van der Waals surface area contributed by atoms with E-state index in [0.29, 0.717) is 11.5 Å². The Kier molecular flexibility index (Phi) is 3.88. The summed E-state index contributed by atoms with van der Waals surface area (Å²) in [6, 6.07) is 9.55. The van der Waals surface area contributed by atoms with E-state index in [2.05, 4.69) is 5.10 Å². The molecule has 0 radical (unpaired) electrons. The highest BCUT2D eigenvalue weighted by atomic mass is 16.6. The normalized spacial score (nSPS) is 25.7. The largest absolute Gasteiger partial charge is 0.482 e. The van der Waals surface area contributed by atoms with Gasteiger partial charge in [0.1, 0.15) is 6.10 Å². The highest BCUT2D eigenvalue weighted by molar-refractivity contribution is 5.83. The van der Waals surface area contributed by atoms with Gasteiger partial charge in [0.15, 0.2) is 11.5 Å². The molecule has 3 atom stereocenters. The number of hydrogen-bond donors (Lipinski definition) is 0. The minimum atomic E-state index is -0.599. The summed E-state index contributed by atoms with van der Waals surface area (Å²) in [5.41, 5.74) is 0. The molecule has 4 rings (SSSR count). The van der Waals surface area contributed by atoms with Gasteiger partial charge in [-0.05, 0) is 38.0 Å². The molecule has 0 aliphatic carbocycles. The van der Waals surface area contributed by atoms with Crippen molar-refractivity contribution in [2.45, 2.75) is 44.6 Å². The minimum Gasteiger partial charge on any atom is -0.482 e. The van der Waals surface area contributed by atoms with E-state index in [1.54, 1.807) is 6.20 Å². The number of nitrogens with zero attached hydrogens (tertiary/aromatic N) is 3. The van der Waals surface area contributed by atoms with Gasteiger partial charge in [-0.3, -0.25) is 9.48 Å². The van der Waals surface area contributed by atoms with Crippen LogP contribution in [0, 0.1) is 0 Å². The first kappa shape index (κ1) is 15.1. The number of hydrogen-bond acceptors (Lipinski definition) is 4. The molecule has 0 bridgehead atoms. The summed E-state index contributed by atoms with van der Waals surface area (Å²) in [6.45, 7) is 3.37. The lowest BCUT2D eigenvalue weighted by molar-refractivity contribution is -0.145. The molecule has 2 aromatic rings. The second-order valence-corrected chi connectivity index (χ2v) is 6.36. The third-order valence-electron chi connectivity index (χ3n) is 4.70.